The first-order chi connectivity index (χ1) is 14.8. The van der Waals surface area contributed by atoms with E-state index in [1.807, 2.05) is 11.8 Å². The Bertz CT molecular complexity index is 1270. The molecule has 0 radical (unpaired) electrons. The number of nitrogens with zero attached hydrogens (tertiary/aromatic N) is 4. The second-order valence-electron chi connectivity index (χ2n) is 7.07. The molecule has 31 heavy (non-hydrogen) atoms. The van der Waals surface area contributed by atoms with Crippen LogP contribution in [-0.4, -0.2) is 59.5 Å². The highest BCUT2D eigenvalue weighted by atomic mass is 32.2. The maximum Gasteiger partial charge on any atom is 0.264 e. The number of primary amides is 1. The quantitative estimate of drug-likeness (QED) is 0.576. The molecule has 0 unspecified atom stereocenters. The van der Waals surface area contributed by atoms with Gasteiger partial charge in [0.1, 0.15) is 15.7 Å². The number of hydrogen-bond donors (Lipinski definition) is 2. The van der Waals surface area contributed by atoms with Crippen LogP contribution in [0.25, 0.3) is 10.6 Å². The van der Waals surface area contributed by atoms with E-state index >= 15 is 0 Å². The number of carbonyl (C=O) groups excluding carboxylic acids is 1. The molecule has 3 aromatic rings. The molecule has 3 N–H and O–H groups in total. The topological polar surface area (TPSA) is 142 Å². The molecule has 1 amide bonds. The van der Waals surface area contributed by atoms with Gasteiger partial charge in [-0.05, 0) is 37.3 Å². The van der Waals surface area contributed by atoms with Crippen molar-refractivity contribution in [3.8, 4) is 10.6 Å². The average Bonchev–Trinajstić information content (AvgIpc) is 3.25. The Morgan fingerprint density at radius 3 is 2.71 bits per heavy atom. The summed E-state index contributed by atoms with van der Waals surface area (Å²) >= 11 is 1.10. The summed E-state index contributed by atoms with van der Waals surface area (Å²) in [5, 5.41) is 6.30. The minimum Gasteiger partial charge on any atom is -0.365 e. The molecule has 1 aliphatic heterocycles. The van der Waals surface area contributed by atoms with Crippen LogP contribution in [0.2, 0.25) is 0 Å². The average molecular weight is 461 g/mol. The molecule has 1 atom stereocenters. The fourth-order valence-electron chi connectivity index (χ4n) is 3.53. The smallest absolute Gasteiger partial charge is 0.264 e. The fraction of sp³-hybridized carbons (Fsp3) is 0.263. The van der Waals surface area contributed by atoms with Gasteiger partial charge >= 0.3 is 0 Å². The van der Waals surface area contributed by atoms with Gasteiger partial charge < -0.3 is 10.6 Å². The van der Waals surface area contributed by atoms with Gasteiger partial charge in [0.25, 0.3) is 21.5 Å². The molecular formula is C19H20N6O4S2. The number of H-pyrrole nitrogens is 1. The molecule has 1 fully saturated rings. The Kier molecular flexibility index (Phi) is 5.60. The normalized spacial score (nSPS) is 17.6. The molecule has 0 aromatic carbocycles. The Morgan fingerprint density at radius 2 is 2.03 bits per heavy atom. The van der Waals surface area contributed by atoms with Crippen molar-refractivity contribution in [2.75, 3.05) is 24.5 Å². The number of piperazine rings is 1. The zero-order valence-electron chi connectivity index (χ0n) is 16.6. The molecule has 1 saturated heterocycles. The maximum atomic E-state index is 13.3. The first-order valence-electron chi connectivity index (χ1n) is 9.45. The number of aromatic amines is 1. The summed E-state index contributed by atoms with van der Waals surface area (Å²) in [5.41, 5.74) is 5.93. The van der Waals surface area contributed by atoms with Crippen molar-refractivity contribution in [2.45, 2.75) is 17.2 Å². The lowest BCUT2D eigenvalue weighted by Gasteiger charge is -2.39. The van der Waals surface area contributed by atoms with Crippen LogP contribution in [0.5, 0.6) is 0 Å². The summed E-state index contributed by atoms with van der Waals surface area (Å²) < 4.78 is 28.2. The van der Waals surface area contributed by atoms with E-state index in [1.165, 1.54) is 10.4 Å². The molecule has 0 aliphatic carbocycles. The largest absolute Gasteiger partial charge is 0.365 e. The minimum atomic E-state index is -3.73. The third kappa shape index (κ3) is 4.09. The maximum absolute atomic E-state index is 13.3. The van der Waals surface area contributed by atoms with E-state index in [9.17, 15) is 18.0 Å². The second kappa shape index (κ2) is 8.21. The minimum absolute atomic E-state index is 0.200. The zero-order chi connectivity index (χ0) is 22.2. The number of aromatic nitrogens is 3. The number of rotatable bonds is 5. The van der Waals surface area contributed by atoms with Crippen LogP contribution < -0.4 is 16.2 Å². The summed E-state index contributed by atoms with van der Waals surface area (Å²) in [5.74, 6) is -0.116. The van der Waals surface area contributed by atoms with Gasteiger partial charge in [0.15, 0.2) is 0 Å². The van der Waals surface area contributed by atoms with Crippen molar-refractivity contribution in [1.82, 2.24) is 19.5 Å². The molecular weight excluding hydrogens is 440 g/mol. The lowest BCUT2D eigenvalue weighted by atomic mass is 10.2. The van der Waals surface area contributed by atoms with Crippen molar-refractivity contribution in [1.29, 1.82) is 0 Å². The summed E-state index contributed by atoms with van der Waals surface area (Å²) in [6.07, 6.45) is 1.58. The summed E-state index contributed by atoms with van der Waals surface area (Å²) in [6, 6.07) is 9.01. The molecule has 1 aliphatic rings. The third-order valence-corrected chi connectivity index (χ3v) is 8.58. The fourth-order valence-corrected chi connectivity index (χ4v) is 6.54. The highest BCUT2D eigenvalue weighted by Gasteiger charge is 2.35. The van der Waals surface area contributed by atoms with Crippen molar-refractivity contribution in [3.05, 3.63) is 58.5 Å². The lowest BCUT2D eigenvalue weighted by molar-refractivity contribution is 0.1000. The predicted octanol–water partition coefficient (Wildman–Crippen LogP) is 0.892. The first kappa shape index (κ1) is 21.2. The Hall–Kier alpha value is -3.09. The number of anilines is 1. The van der Waals surface area contributed by atoms with Crippen LogP contribution in [0, 0.1) is 0 Å². The third-order valence-electron chi connectivity index (χ3n) is 4.99. The van der Waals surface area contributed by atoms with Crippen molar-refractivity contribution in [2.24, 2.45) is 5.73 Å². The number of nitrogens with two attached hydrogens (primary N) is 1. The molecule has 0 saturated carbocycles. The van der Waals surface area contributed by atoms with Crippen LogP contribution in [0.3, 0.4) is 0 Å². The number of nitrogens with one attached hydrogen (secondary N) is 1. The van der Waals surface area contributed by atoms with Crippen molar-refractivity contribution < 1.29 is 13.2 Å². The van der Waals surface area contributed by atoms with E-state index in [-0.39, 0.29) is 22.4 Å². The molecule has 3 aromatic heterocycles. The second-order valence-corrected chi connectivity index (χ2v) is 10.3. The van der Waals surface area contributed by atoms with Crippen LogP contribution in [-0.2, 0) is 10.0 Å². The molecule has 10 nitrogen and oxygen atoms in total. The van der Waals surface area contributed by atoms with Gasteiger partial charge in [-0.1, -0.05) is 0 Å². The number of carbonyl (C=O) groups is 1. The van der Waals surface area contributed by atoms with Gasteiger partial charge in [-0.25, -0.2) is 18.5 Å². The van der Waals surface area contributed by atoms with Gasteiger partial charge in [-0.15, -0.1) is 11.3 Å². The van der Waals surface area contributed by atoms with E-state index in [1.54, 1.807) is 36.5 Å². The van der Waals surface area contributed by atoms with E-state index in [4.69, 9.17) is 5.73 Å². The molecule has 162 valence electrons. The predicted molar refractivity (Wildman–Crippen MR) is 116 cm³/mol. The van der Waals surface area contributed by atoms with Gasteiger partial charge in [0.05, 0.1) is 10.4 Å². The van der Waals surface area contributed by atoms with E-state index in [0.717, 1.165) is 11.3 Å². The highest BCUT2D eigenvalue weighted by molar-refractivity contribution is 7.91. The summed E-state index contributed by atoms with van der Waals surface area (Å²) in [7, 11) is -3.73. The van der Waals surface area contributed by atoms with E-state index in [0.29, 0.717) is 35.0 Å². The Balaban J connectivity index is 1.55. The van der Waals surface area contributed by atoms with Crippen molar-refractivity contribution >= 4 is 33.1 Å². The molecule has 4 heterocycles. The standard InChI is InChI=1S/C19H20N6O4S2/c1-12-11-24(19-13(18(20)27)3-2-8-21-19)9-10-25(12)31(28,29)17-7-5-15(30-17)14-4-6-16(26)23-22-14/h2-8,12H,9-11H2,1H3,(H2,20,27)(H,23,26)/t12-/m1/s1. The van der Waals surface area contributed by atoms with Crippen molar-refractivity contribution in [3.63, 3.8) is 0 Å². The van der Waals surface area contributed by atoms with Gasteiger partial charge in [-0.3, -0.25) is 9.59 Å². The number of amides is 1. The Labute approximate surface area is 182 Å². The zero-order valence-corrected chi connectivity index (χ0v) is 18.2. The number of pyridine rings is 1. The first-order valence-corrected chi connectivity index (χ1v) is 11.7. The Morgan fingerprint density at radius 1 is 1.23 bits per heavy atom. The van der Waals surface area contributed by atoms with Gasteiger partial charge in [-0.2, -0.15) is 9.40 Å². The number of sulfonamides is 1. The monoisotopic (exact) mass is 460 g/mol. The molecule has 4 rings (SSSR count). The van der Waals surface area contributed by atoms with E-state index in [2.05, 4.69) is 15.2 Å². The highest BCUT2D eigenvalue weighted by Crippen LogP contribution is 2.32. The number of thiophene rings is 1. The SMILES string of the molecule is C[C@@H]1CN(c2ncccc2C(N)=O)CCN1S(=O)(=O)c1ccc(-c2ccc(=O)[nH]n2)s1. The van der Waals surface area contributed by atoms with Crippen LogP contribution in [0.15, 0.2) is 51.6 Å². The van der Waals surface area contributed by atoms with Crippen LogP contribution >= 0.6 is 11.3 Å². The summed E-state index contributed by atoms with van der Waals surface area (Å²) in [6.45, 7) is 2.80. The molecule has 0 spiro atoms. The molecule has 0 bridgehead atoms. The molecule has 12 heteroatoms. The summed E-state index contributed by atoms with van der Waals surface area (Å²) in [4.78, 5) is 29.7. The van der Waals surface area contributed by atoms with Gasteiger partial charge in [0, 0.05) is 37.9 Å². The van der Waals surface area contributed by atoms with Gasteiger partial charge in [0.2, 0.25) is 0 Å². The lowest BCUT2D eigenvalue weighted by Crippen LogP contribution is -2.54. The number of hydrogen-bond acceptors (Lipinski definition) is 8. The van der Waals surface area contributed by atoms with Crippen LogP contribution in [0.1, 0.15) is 17.3 Å². The van der Waals surface area contributed by atoms with Crippen LogP contribution in [0.4, 0.5) is 5.82 Å². The van der Waals surface area contributed by atoms with E-state index < -0.39 is 15.9 Å².